The monoisotopic (exact) mass is 676 g/mol. The summed E-state index contributed by atoms with van der Waals surface area (Å²) < 4.78 is 24.8. The maximum atomic E-state index is 12.4. The number of halogens is 8. The number of benzene rings is 4. The van der Waals surface area contributed by atoms with Gasteiger partial charge in [-0.2, -0.15) is 0 Å². The van der Waals surface area contributed by atoms with Crippen LogP contribution in [0.3, 0.4) is 0 Å². The van der Waals surface area contributed by atoms with E-state index in [9.17, 15) is 8.42 Å². The molecule has 0 atom stereocenters. The predicted octanol–water partition coefficient (Wildman–Crippen LogP) is 11.6. The molecule has 4 aromatic rings. The Bertz CT molecular complexity index is 1340. The molecule has 0 aromatic heterocycles. The van der Waals surface area contributed by atoms with Crippen LogP contribution >= 0.6 is 105 Å². The van der Waals surface area contributed by atoms with Gasteiger partial charge in [0, 0.05) is 50.0 Å². The lowest BCUT2D eigenvalue weighted by Crippen LogP contribution is -2.02. The second-order valence-corrected chi connectivity index (χ2v) is 13.6. The van der Waals surface area contributed by atoms with E-state index in [0.717, 1.165) is 9.79 Å². The van der Waals surface area contributed by atoms with E-state index in [1.54, 1.807) is 12.1 Å². The Balaban J connectivity index is 0.000000202. The first kappa shape index (κ1) is 30.0. The molecule has 0 radical (unpaired) electrons. The fourth-order valence-corrected chi connectivity index (χ4v) is 7.85. The van der Waals surface area contributed by atoms with Gasteiger partial charge in [0.05, 0.1) is 9.79 Å². The molecule has 0 aliphatic carbocycles. The normalized spacial score (nSPS) is 11.1. The van der Waals surface area contributed by atoms with Gasteiger partial charge in [0.2, 0.25) is 9.84 Å². The van der Waals surface area contributed by atoms with Crippen molar-refractivity contribution in [3.05, 3.63) is 113 Å². The van der Waals surface area contributed by atoms with Crippen molar-refractivity contribution in [1.82, 2.24) is 0 Å². The fourth-order valence-electron chi connectivity index (χ4n) is 2.81. The van der Waals surface area contributed by atoms with Gasteiger partial charge in [0.1, 0.15) is 0 Å². The first-order valence-electron chi connectivity index (χ1n) is 9.59. The third-order valence-electron chi connectivity index (χ3n) is 4.20. The second kappa shape index (κ2) is 13.0. The van der Waals surface area contributed by atoms with E-state index in [4.69, 9.17) is 92.8 Å². The summed E-state index contributed by atoms with van der Waals surface area (Å²) in [7, 11) is -3.77. The van der Waals surface area contributed by atoms with E-state index in [1.165, 1.54) is 48.2 Å². The molecule has 0 amide bonds. The Morgan fingerprint density at radius 2 is 0.611 bits per heavy atom. The lowest BCUT2D eigenvalue weighted by atomic mass is 10.3. The smallest absolute Gasteiger partial charge is 0.206 e. The zero-order chi connectivity index (χ0) is 26.6. The highest BCUT2D eigenvalue weighted by Gasteiger charge is 2.20. The standard InChI is InChI=1S/C12H6Cl4O2S.C12H6Cl4S/c13-7-1-8(14)4-11(3-7)19(17,18)12-5-9(15)2-10(16)6-12;13-7-1-8(14)4-11(3-7)17-12-5-9(15)2-10(16)6-12/h1-6H;1-6H. The molecule has 0 fully saturated rings. The van der Waals surface area contributed by atoms with Crippen molar-refractivity contribution in [3.8, 4) is 0 Å². The first-order chi connectivity index (χ1) is 16.8. The van der Waals surface area contributed by atoms with Crippen LogP contribution in [-0.2, 0) is 9.84 Å². The van der Waals surface area contributed by atoms with Crippen LogP contribution in [0.5, 0.6) is 0 Å². The minimum Gasteiger partial charge on any atom is -0.219 e. The topological polar surface area (TPSA) is 34.1 Å². The summed E-state index contributed by atoms with van der Waals surface area (Å²) in [5.74, 6) is 0. The van der Waals surface area contributed by atoms with E-state index in [1.807, 2.05) is 24.3 Å². The molecule has 0 unspecified atom stereocenters. The molecule has 12 heteroatoms. The minimum absolute atomic E-state index is 0.0108. The molecule has 0 heterocycles. The van der Waals surface area contributed by atoms with E-state index in [-0.39, 0.29) is 29.9 Å². The molecule has 188 valence electrons. The van der Waals surface area contributed by atoms with Crippen LogP contribution < -0.4 is 0 Å². The van der Waals surface area contributed by atoms with Crippen LogP contribution in [-0.4, -0.2) is 8.42 Å². The molecule has 2 nitrogen and oxygen atoms in total. The van der Waals surface area contributed by atoms with Crippen LogP contribution in [0, 0.1) is 0 Å². The van der Waals surface area contributed by atoms with Gasteiger partial charge in [-0.15, -0.1) is 0 Å². The molecule has 36 heavy (non-hydrogen) atoms. The molecule has 0 saturated carbocycles. The van der Waals surface area contributed by atoms with Crippen molar-refractivity contribution in [2.75, 3.05) is 0 Å². The van der Waals surface area contributed by atoms with E-state index in [0.29, 0.717) is 20.1 Å². The van der Waals surface area contributed by atoms with Crippen molar-refractivity contribution in [1.29, 1.82) is 0 Å². The Morgan fingerprint density at radius 3 is 0.861 bits per heavy atom. The third-order valence-corrected chi connectivity index (χ3v) is 8.60. The lowest BCUT2D eigenvalue weighted by molar-refractivity contribution is 0.596. The maximum Gasteiger partial charge on any atom is 0.206 e. The number of hydrogen-bond acceptors (Lipinski definition) is 3. The van der Waals surface area contributed by atoms with Crippen molar-refractivity contribution in [2.24, 2.45) is 0 Å². The van der Waals surface area contributed by atoms with Crippen molar-refractivity contribution >= 4 is 114 Å². The fraction of sp³-hybridized carbons (Fsp3) is 0. The second-order valence-electron chi connectivity index (χ2n) is 7.03. The molecule has 0 aliphatic rings. The summed E-state index contributed by atoms with van der Waals surface area (Å²) in [6.45, 7) is 0. The van der Waals surface area contributed by atoms with Crippen LogP contribution in [0.4, 0.5) is 0 Å². The van der Waals surface area contributed by atoms with Crippen LogP contribution in [0.1, 0.15) is 0 Å². The molecule has 0 saturated heterocycles. The summed E-state index contributed by atoms with van der Waals surface area (Å²) in [6.07, 6.45) is 0. The van der Waals surface area contributed by atoms with E-state index >= 15 is 0 Å². The molecule has 0 spiro atoms. The maximum absolute atomic E-state index is 12.4. The molecule has 4 aromatic carbocycles. The summed E-state index contributed by atoms with van der Waals surface area (Å²) in [5.41, 5.74) is 0. The Hall–Kier alpha value is -0.500. The highest BCUT2D eigenvalue weighted by molar-refractivity contribution is 7.99. The minimum atomic E-state index is -3.77. The predicted molar refractivity (Wildman–Crippen MR) is 155 cm³/mol. The van der Waals surface area contributed by atoms with Crippen LogP contribution in [0.15, 0.2) is 92.4 Å². The van der Waals surface area contributed by atoms with Gasteiger partial charge in [-0.25, -0.2) is 8.42 Å². The van der Waals surface area contributed by atoms with Gasteiger partial charge < -0.3 is 0 Å². The molecule has 0 aliphatic heterocycles. The quantitative estimate of drug-likeness (QED) is 0.215. The lowest BCUT2D eigenvalue weighted by Gasteiger charge is -2.07. The van der Waals surface area contributed by atoms with Gasteiger partial charge in [-0.1, -0.05) is 105 Å². The van der Waals surface area contributed by atoms with Gasteiger partial charge in [-0.05, 0) is 72.8 Å². The number of sulfone groups is 1. The average Bonchev–Trinajstić information content (AvgIpc) is 2.71. The molecular formula is C24H12Cl8O2S2. The molecule has 0 N–H and O–H groups in total. The van der Waals surface area contributed by atoms with Gasteiger partial charge >= 0.3 is 0 Å². The van der Waals surface area contributed by atoms with Gasteiger partial charge in [0.15, 0.2) is 0 Å². The molecule has 0 bridgehead atoms. The zero-order valence-corrected chi connectivity index (χ0v) is 25.3. The van der Waals surface area contributed by atoms with Crippen molar-refractivity contribution in [2.45, 2.75) is 19.6 Å². The number of hydrogen-bond donors (Lipinski definition) is 0. The highest BCUT2D eigenvalue weighted by atomic mass is 35.5. The van der Waals surface area contributed by atoms with Gasteiger partial charge in [-0.3, -0.25) is 0 Å². The largest absolute Gasteiger partial charge is 0.219 e. The first-order valence-corrected chi connectivity index (χ1v) is 14.9. The summed E-state index contributed by atoms with van der Waals surface area (Å²) >= 11 is 48.4. The SMILES string of the molecule is Clc1cc(Cl)cc(Sc2cc(Cl)cc(Cl)c2)c1.O=S(=O)(c1cc(Cl)cc(Cl)c1)c1cc(Cl)cc(Cl)c1. The summed E-state index contributed by atoms with van der Waals surface area (Å²) in [4.78, 5) is 1.87. The highest BCUT2D eigenvalue weighted by Crippen LogP contribution is 2.35. The van der Waals surface area contributed by atoms with Crippen molar-refractivity contribution in [3.63, 3.8) is 0 Å². The van der Waals surface area contributed by atoms with E-state index in [2.05, 4.69) is 0 Å². The zero-order valence-electron chi connectivity index (χ0n) is 17.6. The molecule has 4 rings (SSSR count). The summed E-state index contributed by atoms with van der Waals surface area (Å²) in [5, 5.41) is 3.36. The molecular weight excluding hydrogens is 668 g/mol. The van der Waals surface area contributed by atoms with Crippen LogP contribution in [0.25, 0.3) is 0 Å². The average molecular weight is 680 g/mol. The Labute approximate surface area is 253 Å². The summed E-state index contributed by atoms with van der Waals surface area (Å²) in [6, 6.07) is 18.9. The van der Waals surface area contributed by atoms with Crippen molar-refractivity contribution < 1.29 is 8.42 Å². The van der Waals surface area contributed by atoms with Gasteiger partial charge in [0.25, 0.3) is 0 Å². The Morgan fingerprint density at radius 1 is 0.389 bits per heavy atom. The number of rotatable bonds is 4. The Kier molecular flexibility index (Phi) is 10.9. The third kappa shape index (κ3) is 8.78. The van der Waals surface area contributed by atoms with Crippen LogP contribution in [0.2, 0.25) is 40.2 Å². The van der Waals surface area contributed by atoms with E-state index < -0.39 is 9.84 Å².